The molecule has 2 aliphatic rings. The number of nitrogens with one attached hydrogen (secondary N) is 1. The highest BCUT2D eigenvalue weighted by Crippen LogP contribution is 2.26. The summed E-state index contributed by atoms with van der Waals surface area (Å²) < 4.78 is 8.81. The van der Waals surface area contributed by atoms with Crippen molar-refractivity contribution in [2.45, 2.75) is 65.6 Å². The van der Waals surface area contributed by atoms with Crippen molar-refractivity contribution in [2.75, 3.05) is 23.3 Å². The number of fused-ring (bicyclic) bond motifs is 2. The van der Waals surface area contributed by atoms with Crippen LogP contribution in [0.25, 0.3) is 16.9 Å². The smallest absolute Gasteiger partial charge is 0.410 e. The fraction of sp³-hybridized carbons (Fsp3) is 0.400. The van der Waals surface area contributed by atoms with Gasteiger partial charge in [0, 0.05) is 44.5 Å². The molecule has 6 rings (SSSR count). The van der Waals surface area contributed by atoms with E-state index in [1.165, 1.54) is 11.8 Å². The second kappa shape index (κ2) is 10.6. The molecule has 0 spiro atoms. The lowest BCUT2D eigenvalue weighted by molar-refractivity contribution is -0.117. The van der Waals surface area contributed by atoms with Crippen LogP contribution in [0.5, 0.6) is 0 Å². The van der Waals surface area contributed by atoms with Gasteiger partial charge in [0.05, 0.1) is 0 Å². The molecule has 0 bridgehead atoms. The van der Waals surface area contributed by atoms with Crippen LogP contribution in [0.4, 0.5) is 22.2 Å². The molecule has 12 heteroatoms. The quantitative estimate of drug-likeness (QED) is 0.379. The fourth-order valence-electron chi connectivity index (χ4n) is 5.42. The van der Waals surface area contributed by atoms with Crippen molar-refractivity contribution in [3.05, 3.63) is 64.1 Å². The molecule has 0 atom stereocenters. The van der Waals surface area contributed by atoms with Gasteiger partial charge in [-0.05, 0) is 75.9 Å². The molecule has 218 valence electrons. The summed E-state index contributed by atoms with van der Waals surface area (Å²) in [6.45, 7) is 9.51. The van der Waals surface area contributed by atoms with E-state index in [-0.39, 0.29) is 17.6 Å². The van der Waals surface area contributed by atoms with Gasteiger partial charge in [0.25, 0.3) is 5.56 Å². The largest absolute Gasteiger partial charge is 0.444 e. The van der Waals surface area contributed by atoms with Gasteiger partial charge in [-0.15, -0.1) is 0 Å². The van der Waals surface area contributed by atoms with E-state index in [0.717, 1.165) is 24.1 Å². The highest BCUT2D eigenvalue weighted by Gasteiger charge is 2.27. The van der Waals surface area contributed by atoms with E-state index >= 15 is 0 Å². The number of rotatable bonds is 5. The summed E-state index contributed by atoms with van der Waals surface area (Å²) in [6.07, 6.45) is 3.23. The maximum absolute atomic E-state index is 13.3. The Labute approximate surface area is 242 Å². The Bertz CT molecular complexity index is 1750. The van der Waals surface area contributed by atoms with Gasteiger partial charge in [-0.1, -0.05) is 12.1 Å². The lowest BCUT2D eigenvalue weighted by Crippen LogP contribution is -2.39. The molecule has 1 aromatic carbocycles. The normalized spacial score (nSPS) is 15.3. The first kappa shape index (κ1) is 27.4. The highest BCUT2D eigenvalue weighted by molar-refractivity contribution is 5.94. The molecule has 4 aromatic rings. The first-order chi connectivity index (χ1) is 20.1. The van der Waals surface area contributed by atoms with Gasteiger partial charge < -0.3 is 15.0 Å². The molecular weight excluding hydrogens is 536 g/mol. The Balaban J connectivity index is 1.31. The molecule has 42 heavy (non-hydrogen) atoms. The number of anilines is 3. The molecule has 1 saturated heterocycles. The van der Waals surface area contributed by atoms with Crippen LogP contribution in [-0.2, 0) is 29.0 Å². The Kier molecular flexibility index (Phi) is 6.91. The average molecular weight is 571 g/mol. The predicted molar refractivity (Wildman–Crippen MR) is 158 cm³/mol. The van der Waals surface area contributed by atoms with E-state index in [4.69, 9.17) is 14.7 Å². The van der Waals surface area contributed by atoms with Gasteiger partial charge in [-0.3, -0.25) is 14.5 Å². The van der Waals surface area contributed by atoms with Gasteiger partial charge in [0.15, 0.2) is 11.5 Å². The zero-order valence-electron chi connectivity index (χ0n) is 24.3. The van der Waals surface area contributed by atoms with Crippen LogP contribution in [0, 0.1) is 0 Å². The van der Waals surface area contributed by atoms with Gasteiger partial charge in [0.1, 0.15) is 16.8 Å². The van der Waals surface area contributed by atoms with E-state index in [1.807, 2.05) is 52.0 Å². The molecule has 1 N–H and O–H groups in total. The van der Waals surface area contributed by atoms with Crippen molar-refractivity contribution in [3.8, 4) is 5.82 Å². The predicted octanol–water partition coefficient (Wildman–Crippen LogP) is 4.16. The van der Waals surface area contributed by atoms with Crippen LogP contribution in [0.3, 0.4) is 0 Å². The second-order valence-electron chi connectivity index (χ2n) is 11.5. The minimum absolute atomic E-state index is 0.0398. The fourth-order valence-corrected chi connectivity index (χ4v) is 5.42. The molecule has 3 aromatic heterocycles. The van der Waals surface area contributed by atoms with E-state index in [0.29, 0.717) is 61.2 Å². The first-order valence-electron chi connectivity index (χ1n) is 14.2. The Morgan fingerprint density at radius 3 is 2.57 bits per heavy atom. The number of hydrogen-bond donors (Lipinski definition) is 1. The second-order valence-corrected chi connectivity index (χ2v) is 11.5. The Morgan fingerprint density at radius 2 is 1.83 bits per heavy atom. The van der Waals surface area contributed by atoms with Crippen LogP contribution in [0.15, 0.2) is 47.4 Å². The Hall–Kier alpha value is -4.74. The monoisotopic (exact) mass is 570 g/mol. The van der Waals surface area contributed by atoms with Gasteiger partial charge >= 0.3 is 6.09 Å². The number of benzene rings is 1. The van der Waals surface area contributed by atoms with Crippen molar-refractivity contribution in [1.82, 2.24) is 29.2 Å². The molecule has 0 radical (unpaired) electrons. The van der Waals surface area contributed by atoms with Crippen LogP contribution in [0.1, 0.15) is 51.7 Å². The zero-order valence-corrected chi connectivity index (χ0v) is 24.3. The summed E-state index contributed by atoms with van der Waals surface area (Å²) in [5, 5.41) is 3.63. The summed E-state index contributed by atoms with van der Waals surface area (Å²) in [7, 11) is 0. The molecule has 2 amide bonds. The lowest BCUT2D eigenvalue weighted by Gasteiger charge is -2.31. The van der Waals surface area contributed by atoms with Crippen LogP contribution in [-0.4, -0.2) is 59.9 Å². The zero-order chi connectivity index (χ0) is 29.6. The van der Waals surface area contributed by atoms with Crippen molar-refractivity contribution in [1.29, 1.82) is 0 Å². The maximum atomic E-state index is 13.3. The van der Waals surface area contributed by atoms with Crippen molar-refractivity contribution in [2.24, 2.45) is 0 Å². The van der Waals surface area contributed by atoms with E-state index in [1.54, 1.807) is 31.3 Å². The maximum Gasteiger partial charge on any atom is 0.410 e. The van der Waals surface area contributed by atoms with Crippen LogP contribution in [0.2, 0.25) is 0 Å². The van der Waals surface area contributed by atoms with Gasteiger partial charge in [0.2, 0.25) is 11.9 Å². The molecule has 1 fully saturated rings. The molecule has 0 saturated carbocycles. The number of carbonyl (C=O) groups is 2. The first-order valence-corrected chi connectivity index (χ1v) is 14.2. The molecule has 0 aliphatic carbocycles. The number of nitrogens with zero attached hydrogens (tertiary/aromatic N) is 7. The molecule has 5 heterocycles. The number of pyridine rings is 1. The molecule has 0 unspecified atom stereocenters. The van der Waals surface area contributed by atoms with Gasteiger partial charge in [-0.2, -0.15) is 4.98 Å². The molecular formula is C30H34N8O4. The van der Waals surface area contributed by atoms with Crippen LogP contribution >= 0.6 is 0 Å². The average Bonchev–Trinajstić information content (AvgIpc) is 3.51. The van der Waals surface area contributed by atoms with Crippen molar-refractivity contribution in [3.63, 3.8) is 0 Å². The summed E-state index contributed by atoms with van der Waals surface area (Å²) >= 11 is 0. The van der Waals surface area contributed by atoms with Crippen molar-refractivity contribution < 1.29 is 14.3 Å². The Morgan fingerprint density at radius 1 is 1.02 bits per heavy atom. The summed E-state index contributed by atoms with van der Waals surface area (Å²) in [6, 6.07) is 11.4. The number of ether oxygens (including phenoxy) is 1. The minimum Gasteiger partial charge on any atom is -0.444 e. The standard InChI is InChI=1S/C30H34N8O4/c1-5-37-27(40)22-17-31-28(34-26(22)38(37)24-9-6-8-23(33-24)36-14-7-10-25(36)39)32-21-12-11-19-13-15-35(18-20(19)16-21)29(41)42-30(2,3)4/h6,8-9,11-12,16-17H,5,7,10,13-15,18H2,1-4H3,(H,31,32,34). The lowest BCUT2D eigenvalue weighted by atomic mass is 9.99. The molecule has 12 nitrogen and oxygen atoms in total. The highest BCUT2D eigenvalue weighted by atomic mass is 16.6. The van der Waals surface area contributed by atoms with Gasteiger partial charge in [-0.25, -0.2) is 24.1 Å². The SMILES string of the molecule is CCn1c(=O)c2cnc(Nc3ccc4c(c3)CN(C(=O)OC(C)(C)C)CC4)nc2n1-c1cccc(N2CCCC2=O)n1. The summed E-state index contributed by atoms with van der Waals surface area (Å²) in [5.74, 6) is 1.39. The summed E-state index contributed by atoms with van der Waals surface area (Å²) in [5.41, 5.74) is 2.58. The van der Waals surface area contributed by atoms with Crippen molar-refractivity contribution >= 4 is 40.5 Å². The molecule has 2 aliphatic heterocycles. The topological polar surface area (TPSA) is 127 Å². The minimum atomic E-state index is -0.559. The number of amides is 2. The number of aromatic nitrogens is 5. The third-order valence-corrected chi connectivity index (χ3v) is 7.39. The van der Waals surface area contributed by atoms with Crippen LogP contribution < -0.4 is 15.8 Å². The number of hydrogen-bond acceptors (Lipinski definition) is 8. The van der Waals surface area contributed by atoms with E-state index in [2.05, 4.69) is 10.3 Å². The number of carbonyl (C=O) groups excluding carboxylic acids is 2. The third kappa shape index (κ3) is 5.19. The summed E-state index contributed by atoms with van der Waals surface area (Å²) in [4.78, 5) is 55.5. The van der Waals surface area contributed by atoms with E-state index < -0.39 is 5.60 Å². The van der Waals surface area contributed by atoms with E-state index in [9.17, 15) is 14.4 Å². The third-order valence-electron chi connectivity index (χ3n) is 7.39.